The van der Waals surface area contributed by atoms with E-state index in [9.17, 15) is 4.79 Å². The number of hydrogen-bond acceptors (Lipinski definition) is 2. The molecule has 1 fully saturated rings. The first-order valence-corrected chi connectivity index (χ1v) is 7.03. The maximum Gasteiger partial charge on any atom is 0.407 e. The molecule has 4 nitrogen and oxygen atoms in total. The number of amides is 1. The average Bonchev–Trinajstić information content (AvgIpc) is 2.82. The van der Waals surface area contributed by atoms with Crippen LogP contribution in [0.1, 0.15) is 35.6 Å². The molecule has 0 spiro atoms. The molecule has 1 aromatic heterocycles. The van der Waals surface area contributed by atoms with Crippen LogP contribution in [0, 0.1) is 13.8 Å². The van der Waals surface area contributed by atoms with Gasteiger partial charge in [-0.25, -0.2) is 4.79 Å². The van der Waals surface area contributed by atoms with Crippen LogP contribution in [0.15, 0.2) is 22.6 Å². The van der Waals surface area contributed by atoms with Gasteiger partial charge in [-0.3, -0.25) is 0 Å². The second-order valence-electron chi connectivity index (χ2n) is 5.67. The predicted octanol–water partition coefficient (Wildman–Crippen LogP) is 3.91. The molecule has 2 aromatic rings. The zero-order valence-corrected chi connectivity index (χ0v) is 11.8. The van der Waals surface area contributed by atoms with Crippen molar-refractivity contribution in [1.82, 2.24) is 4.90 Å². The highest BCUT2D eigenvalue weighted by Crippen LogP contribution is 2.33. The van der Waals surface area contributed by atoms with Crippen LogP contribution in [0.4, 0.5) is 4.79 Å². The number of fused-ring (bicyclic) bond motifs is 1. The summed E-state index contributed by atoms with van der Waals surface area (Å²) in [5.41, 5.74) is 3.44. The normalized spacial score (nSPS) is 16.8. The van der Waals surface area contributed by atoms with Crippen LogP contribution in [-0.2, 0) is 0 Å². The summed E-state index contributed by atoms with van der Waals surface area (Å²) in [7, 11) is 0. The van der Waals surface area contributed by atoms with Gasteiger partial charge in [-0.05, 0) is 56.0 Å². The monoisotopic (exact) mass is 273 g/mol. The van der Waals surface area contributed by atoms with Crippen molar-refractivity contribution in [3.05, 3.63) is 35.1 Å². The lowest BCUT2D eigenvalue weighted by molar-refractivity contribution is 0.130. The van der Waals surface area contributed by atoms with Gasteiger partial charge in [0.2, 0.25) is 0 Å². The molecule has 0 radical (unpaired) electrons. The van der Waals surface area contributed by atoms with Gasteiger partial charge in [0.15, 0.2) is 0 Å². The van der Waals surface area contributed by atoms with Gasteiger partial charge < -0.3 is 14.4 Å². The molecular formula is C16H19NO3. The maximum atomic E-state index is 10.9. The number of nitrogens with zero attached hydrogens (tertiary/aromatic N) is 1. The number of likely N-dealkylation sites (tertiary alicyclic amines) is 1. The second kappa shape index (κ2) is 4.85. The SMILES string of the molecule is Cc1cc2cc(C3CCN(C(=O)O)CC3)oc2cc1C. The minimum Gasteiger partial charge on any atom is -0.465 e. The minimum absolute atomic E-state index is 0.332. The smallest absolute Gasteiger partial charge is 0.407 e. The fourth-order valence-electron chi connectivity index (χ4n) is 2.88. The predicted molar refractivity (Wildman–Crippen MR) is 77.3 cm³/mol. The van der Waals surface area contributed by atoms with Gasteiger partial charge in [0.25, 0.3) is 0 Å². The van der Waals surface area contributed by atoms with Crippen molar-refractivity contribution < 1.29 is 14.3 Å². The molecule has 0 aliphatic carbocycles. The topological polar surface area (TPSA) is 53.7 Å². The van der Waals surface area contributed by atoms with E-state index in [1.807, 2.05) is 0 Å². The number of rotatable bonds is 1. The standard InChI is InChI=1S/C16H19NO3/c1-10-7-13-9-15(20-14(13)8-11(10)2)12-3-5-17(6-4-12)16(18)19/h7-9,12H,3-6H2,1-2H3,(H,18,19). The molecule has 4 heteroatoms. The van der Waals surface area contributed by atoms with Gasteiger partial charge in [-0.2, -0.15) is 0 Å². The Labute approximate surface area is 118 Å². The number of piperidine rings is 1. The first-order valence-electron chi connectivity index (χ1n) is 7.03. The molecule has 0 bridgehead atoms. The third-order valence-electron chi connectivity index (χ3n) is 4.32. The summed E-state index contributed by atoms with van der Waals surface area (Å²) < 4.78 is 5.97. The summed E-state index contributed by atoms with van der Waals surface area (Å²) in [5.74, 6) is 1.33. The minimum atomic E-state index is -0.820. The van der Waals surface area contributed by atoms with E-state index in [0.29, 0.717) is 19.0 Å². The van der Waals surface area contributed by atoms with Crippen LogP contribution >= 0.6 is 0 Å². The van der Waals surface area contributed by atoms with Crippen LogP contribution < -0.4 is 0 Å². The summed E-state index contributed by atoms with van der Waals surface area (Å²) in [6.07, 6.45) is 0.855. The van der Waals surface area contributed by atoms with Crippen molar-refractivity contribution in [3.8, 4) is 0 Å². The van der Waals surface area contributed by atoms with E-state index >= 15 is 0 Å². The Kier molecular flexibility index (Phi) is 3.16. The van der Waals surface area contributed by atoms with Crippen LogP contribution in [0.25, 0.3) is 11.0 Å². The van der Waals surface area contributed by atoms with Gasteiger partial charge in [-0.1, -0.05) is 0 Å². The van der Waals surface area contributed by atoms with E-state index in [0.717, 1.165) is 29.6 Å². The Morgan fingerprint density at radius 2 is 1.85 bits per heavy atom. The number of hydrogen-bond donors (Lipinski definition) is 1. The Morgan fingerprint density at radius 1 is 1.20 bits per heavy atom. The van der Waals surface area contributed by atoms with Crippen LogP contribution in [0.3, 0.4) is 0 Å². The van der Waals surface area contributed by atoms with Crippen LogP contribution in [0.2, 0.25) is 0 Å². The molecule has 1 amide bonds. The Hall–Kier alpha value is -1.97. The zero-order chi connectivity index (χ0) is 14.3. The fourth-order valence-corrected chi connectivity index (χ4v) is 2.88. The van der Waals surface area contributed by atoms with E-state index in [4.69, 9.17) is 9.52 Å². The van der Waals surface area contributed by atoms with E-state index in [1.54, 1.807) is 0 Å². The summed E-state index contributed by atoms with van der Waals surface area (Å²) in [6.45, 7) is 5.37. The third-order valence-corrected chi connectivity index (χ3v) is 4.32. The van der Waals surface area contributed by atoms with Gasteiger partial charge in [0, 0.05) is 24.4 Å². The van der Waals surface area contributed by atoms with Crippen molar-refractivity contribution >= 4 is 17.1 Å². The van der Waals surface area contributed by atoms with Gasteiger partial charge in [0.1, 0.15) is 11.3 Å². The lowest BCUT2D eigenvalue weighted by Crippen LogP contribution is -2.36. The summed E-state index contributed by atoms with van der Waals surface area (Å²) in [4.78, 5) is 12.4. The lowest BCUT2D eigenvalue weighted by atomic mass is 9.94. The van der Waals surface area contributed by atoms with Gasteiger partial charge in [0.05, 0.1) is 0 Å². The van der Waals surface area contributed by atoms with E-state index < -0.39 is 6.09 Å². The largest absolute Gasteiger partial charge is 0.465 e. The second-order valence-corrected chi connectivity index (χ2v) is 5.67. The van der Waals surface area contributed by atoms with Gasteiger partial charge in [-0.15, -0.1) is 0 Å². The molecular weight excluding hydrogens is 254 g/mol. The van der Waals surface area contributed by atoms with Crippen molar-refractivity contribution in [2.75, 3.05) is 13.1 Å². The van der Waals surface area contributed by atoms with Crippen molar-refractivity contribution in [1.29, 1.82) is 0 Å². The third kappa shape index (κ3) is 2.26. The summed E-state index contributed by atoms with van der Waals surface area (Å²) in [6, 6.07) is 6.35. The number of carboxylic acid groups (broad SMARTS) is 1. The molecule has 2 heterocycles. The molecule has 1 aromatic carbocycles. The first-order chi connectivity index (χ1) is 9.54. The number of furan rings is 1. The Morgan fingerprint density at radius 3 is 2.50 bits per heavy atom. The Bertz CT molecular complexity index is 612. The maximum absolute atomic E-state index is 10.9. The molecule has 1 aliphatic rings. The highest BCUT2D eigenvalue weighted by Gasteiger charge is 2.25. The van der Waals surface area contributed by atoms with Gasteiger partial charge >= 0.3 is 6.09 Å². The highest BCUT2D eigenvalue weighted by molar-refractivity contribution is 5.80. The van der Waals surface area contributed by atoms with Crippen molar-refractivity contribution in [3.63, 3.8) is 0 Å². The van der Waals surface area contributed by atoms with E-state index in [2.05, 4.69) is 32.0 Å². The van der Waals surface area contributed by atoms with Crippen LogP contribution in [-0.4, -0.2) is 29.2 Å². The van der Waals surface area contributed by atoms with E-state index in [-0.39, 0.29) is 0 Å². The highest BCUT2D eigenvalue weighted by atomic mass is 16.4. The molecule has 0 saturated carbocycles. The average molecular weight is 273 g/mol. The summed E-state index contributed by atoms with van der Waals surface area (Å²) >= 11 is 0. The van der Waals surface area contributed by atoms with Crippen molar-refractivity contribution in [2.45, 2.75) is 32.6 Å². The first kappa shape index (κ1) is 13.0. The van der Waals surface area contributed by atoms with E-state index in [1.165, 1.54) is 16.0 Å². The number of aryl methyl sites for hydroxylation is 2. The molecule has 1 aliphatic heterocycles. The summed E-state index contributed by atoms with van der Waals surface area (Å²) in [5, 5.41) is 10.1. The van der Waals surface area contributed by atoms with Crippen molar-refractivity contribution in [2.24, 2.45) is 0 Å². The molecule has 3 rings (SSSR count). The Balaban J connectivity index is 1.83. The number of benzene rings is 1. The molecule has 0 atom stereocenters. The molecule has 0 unspecified atom stereocenters. The quantitative estimate of drug-likeness (QED) is 0.857. The zero-order valence-electron chi connectivity index (χ0n) is 11.8. The fraction of sp³-hybridized carbons (Fsp3) is 0.438. The molecule has 20 heavy (non-hydrogen) atoms. The van der Waals surface area contributed by atoms with Crippen LogP contribution in [0.5, 0.6) is 0 Å². The molecule has 1 N–H and O–H groups in total. The molecule has 1 saturated heterocycles. The number of carbonyl (C=O) groups is 1. The lowest BCUT2D eigenvalue weighted by Gasteiger charge is -2.28. The molecule has 106 valence electrons.